The third kappa shape index (κ3) is 5.74. The topological polar surface area (TPSA) is 70.7 Å². The van der Waals surface area contributed by atoms with E-state index >= 15 is 0 Å². The van der Waals surface area contributed by atoms with Crippen LogP contribution in [0, 0.1) is 0 Å². The Balaban J connectivity index is 1.45. The molecule has 6 nitrogen and oxygen atoms in total. The highest BCUT2D eigenvalue weighted by atomic mass is 16.5. The average Bonchev–Trinajstić information content (AvgIpc) is 2.72. The summed E-state index contributed by atoms with van der Waals surface area (Å²) in [6.07, 6.45) is 3.29. The number of hydrogen-bond donors (Lipinski definition) is 2. The van der Waals surface area contributed by atoms with Gasteiger partial charge in [0.25, 0.3) is 5.91 Å². The van der Waals surface area contributed by atoms with E-state index in [1.807, 2.05) is 35.2 Å². The predicted octanol–water partition coefficient (Wildman–Crippen LogP) is 3.51. The fourth-order valence-corrected chi connectivity index (χ4v) is 3.04. The van der Waals surface area contributed by atoms with Gasteiger partial charge in [-0.3, -0.25) is 4.79 Å². The number of hydrogen-bond acceptors (Lipinski definition) is 3. The van der Waals surface area contributed by atoms with Gasteiger partial charge in [0.1, 0.15) is 12.4 Å². The van der Waals surface area contributed by atoms with Crippen molar-refractivity contribution in [2.24, 2.45) is 0 Å². The van der Waals surface area contributed by atoms with Gasteiger partial charge in [-0.25, -0.2) is 4.79 Å². The number of nitrogens with zero attached hydrogens (tertiary/aromatic N) is 1. The highest BCUT2D eigenvalue weighted by molar-refractivity contribution is 5.97. The molecule has 1 saturated heterocycles. The maximum absolute atomic E-state index is 12.6. The van der Waals surface area contributed by atoms with Crippen molar-refractivity contribution in [3.63, 3.8) is 0 Å². The summed E-state index contributed by atoms with van der Waals surface area (Å²) in [4.78, 5) is 26.5. The number of piperidine rings is 1. The molecular weight excluding hydrogens is 342 g/mol. The van der Waals surface area contributed by atoms with Crippen LogP contribution in [0.2, 0.25) is 0 Å². The van der Waals surface area contributed by atoms with Crippen LogP contribution in [0.1, 0.15) is 29.6 Å². The Morgan fingerprint density at radius 3 is 2.52 bits per heavy atom. The lowest BCUT2D eigenvalue weighted by Gasteiger charge is -2.26. The Labute approximate surface area is 159 Å². The van der Waals surface area contributed by atoms with Crippen LogP contribution in [0.15, 0.2) is 54.6 Å². The van der Waals surface area contributed by atoms with Gasteiger partial charge >= 0.3 is 6.03 Å². The maximum Gasteiger partial charge on any atom is 0.319 e. The Morgan fingerprint density at radius 1 is 0.963 bits per heavy atom. The smallest absolute Gasteiger partial charge is 0.319 e. The quantitative estimate of drug-likeness (QED) is 0.768. The summed E-state index contributed by atoms with van der Waals surface area (Å²) in [5.41, 5.74) is 1.20. The largest absolute Gasteiger partial charge is 0.492 e. The first kappa shape index (κ1) is 18.8. The van der Waals surface area contributed by atoms with Crippen molar-refractivity contribution >= 4 is 17.6 Å². The average molecular weight is 367 g/mol. The molecule has 3 rings (SSSR count). The van der Waals surface area contributed by atoms with Crippen molar-refractivity contribution in [2.75, 3.05) is 31.6 Å². The van der Waals surface area contributed by atoms with Crippen LogP contribution in [0.3, 0.4) is 0 Å². The van der Waals surface area contributed by atoms with Crippen LogP contribution < -0.4 is 15.4 Å². The van der Waals surface area contributed by atoms with Gasteiger partial charge in [-0.05, 0) is 49.6 Å². The molecular formula is C21H25N3O3. The molecule has 0 unspecified atom stereocenters. The summed E-state index contributed by atoms with van der Waals surface area (Å²) >= 11 is 0. The zero-order chi connectivity index (χ0) is 18.9. The Bertz CT molecular complexity index is 758. The number of likely N-dealkylation sites (tertiary alicyclic amines) is 1. The SMILES string of the molecule is O=C(NCCOc1ccccc1)Nc1cccc(C(=O)N2CCCCC2)c1. The van der Waals surface area contributed by atoms with E-state index in [-0.39, 0.29) is 11.9 Å². The standard InChI is InChI=1S/C21H25N3O3/c25-20(24-13-5-2-6-14-24)17-8-7-9-18(16-17)23-21(26)22-12-15-27-19-10-3-1-4-11-19/h1,3-4,7-11,16H,2,5-6,12-15H2,(H2,22,23,26). The van der Waals surface area contributed by atoms with Crippen LogP contribution in [0.25, 0.3) is 0 Å². The number of nitrogens with one attached hydrogen (secondary N) is 2. The van der Waals surface area contributed by atoms with Crippen molar-refractivity contribution in [1.82, 2.24) is 10.2 Å². The molecule has 1 heterocycles. The van der Waals surface area contributed by atoms with E-state index in [1.54, 1.807) is 24.3 Å². The number of urea groups is 1. The molecule has 27 heavy (non-hydrogen) atoms. The Kier molecular flexibility index (Phi) is 6.68. The minimum atomic E-state index is -0.325. The van der Waals surface area contributed by atoms with Crippen LogP contribution in [0.5, 0.6) is 5.75 Å². The number of carbonyl (C=O) groups is 2. The normalized spacial score (nSPS) is 13.7. The predicted molar refractivity (Wildman–Crippen MR) is 105 cm³/mol. The van der Waals surface area contributed by atoms with E-state index in [0.29, 0.717) is 24.4 Å². The van der Waals surface area contributed by atoms with Crippen molar-refractivity contribution in [2.45, 2.75) is 19.3 Å². The minimum absolute atomic E-state index is 0.0232. The lowest BCUT2D eigenvalue weighted by molar-refractivity contribution is 0.0724. The van der Waals surface area contributed by atoms with Crippen molar-refractivity contribution < 1.29 is 14.3 Å². The van der Waals surface area contributed by atoms with Crippen LogP contribution in [-0.4, -0.2) is 43.1 Å². The summed E-state index contributed by atoms with van der Waals surface area (Å²) in [6.45, 7) is 2.37. The van der Waals surface area contributed by atoms with Crippen LogP contribution in [0.4, 0.5) is 10.5 Å². The molecule has 142 valence electrons. The van der Waals surface area contributed by atoms with Gasteiger partial charge in [0.15, 0.2) is 0 Å². The molecule has 2 N–H and O–H groups in total. The summed E-state index contributed by atoms with van der Waals surface area (Å²) in [5.74, 6) is 0.790. The maximum atomic E-state index is 12.6. The first-order valence-electron chi connectivity index (χ1n) is 9.34. The number of amides is 3. The van der Waals surface area contributed by atoms with Gasteiger partial charge in [0.05, 0.1) is 6.54 Å². The molecule has 2 aromatic rings. The zero-order valence-electron chi connectivity index (χ0n) is 15.3. The summed E-state index contributed by atoms with van der Waals surface area (Å²) < 4.78 is 5.53. The van der Waals surface area contributed by atoms with E-state index in [2.05, 4.69) is 10.6 Å². The minimum Gasteiger partial charge on any atom is -0.492 e. The number of anilines is 1. The molecule has 1 fully saturated rings. The second-order valence-corrected chi connectivity index (χ2v) is 6.48. The number of carbonyl (C=O) groups excluding carboxylic acids is 2. The fraction of sp³-hybridized carbons (Fsp3) is 0.333. The molecule has 0 aliphatic carbocycles. The molecule has 0 bridgehead atoms. The van der Waals surface area contributed by atoms with E-state index < -0.39 is 0 Å². The van der Waals surface area contributed by atoms with Crippen molar-refractivity contribution in [1.29, 1.82) is 0 Å². The number of benzene rings is 2. The van der Waals surface area contributed by atoms with Crippen LogP contribution in [-0.2, 0) is 0 Å². The number of para-hydroxylation sites is 1. The zero-order valence-corrected chi connectivity index (χ0v) is 15.3. The third-order valence-corrected chi connectivity index (χ3v) is 4.41. The second-order valence-electron chi connectivity index (χ2n) is 6.48. The first-order chi connectivity index (χ1) is 13.2. The molecule has 0 spiro atoms. The summed E-state index contributed by atoms with van der Waals surface area (Å²) in [6, 6.07) is 16.2. The van der Waals surface area contributed by atoms with Gasteiger partial charge in [-0.1, -0.05) is 24.3 Å². The molecule has 3 amide bonds. The molecule has 2 aromatic carbocycles. The Hall–Kier alpha value is -3.02. The molecule has 1 aliphatic heterocycles. The van der Waals surface area contributed by atoms with Gasteiger partial charge in [-0.2, -0.15) is 0 Å². The molecule has 1 aliphatic rings. The van der Waals surface area contributed by atoms with E-state index in [0.717, 1.165) is 31.7 Å². The van der Waals surface area contributed by atoms with Gasteiger partial charge in [0, 0.05) is 24.3 Å². The molecule has 0 atom stereocenters. The second kappa shape index (κ2) is 9.62. The summed E-state index contributed by atoms with van der Waals surface area (Å²) in [5, 5.41) is 5.51. The van der Waals surface area contributed by atoms with E-state index in [4.69, 9.17) is 4.74 Å². The third-order valence-electron chi connectivity index (χ3n) is 4.41. The van der Waals surface area contributed by atoms with E-state index in [1.165, 1.54) is 6.42 Å². The van der Waals surface area contributed by atoms with Gasteiger partial charge < -0.3 is 20.3 Å². The lowest BCUT2D eigenvalue weighted by Crippen LogP contribution is -2.35. The fourth-order valence-electron chi connectivity index (χ4n) is 3.04. The number of rotatable bonds is 6. The lowest BCUT2D eigenvalue weighted by atomic mass is 10.1. The Morgan fingerprint density at radius 2 is 1.74 bits per heavy atom. The molecule has 0 aromatic heterocycles. The highest BCUT2D eigenvalue weighted by Gasteiger charge is 2.18. The van der Waals surface area contributed by atoms with Gasteiger partial charge in [0.2, 0.25) is 0 Å². The molecule has 6 heteroatoms. The monoisotopic (exact) mass is 367 g/mol. The van der Waals surface area contributed by atoms with Crippen molar-refractivity contribution in [3.8, 4) is 5.75 Å². The van der Waals surface area contributed by atoms with E-state index in [9.17, 15) is 9.59 Å². The summed E-state index contributed by atoms with van der Waals surface area (Å²) in [7, 11) is 0. The van der Waals surface area contributed by atoms with Crippen molar-refractivity contribution in [3.05, 3.63) is 60.2 Å². The first-order valence-corrected chi connectivity index (χ1v) is 9.34. The molecule has 0 radical (unpaired) electrons. The number of ether oxygens (including phenoxy) is 1. The van der Waals surface area contributed by atoms with Crippen LogP contribution >= 0.6 is 0 Å². The van der Waals surface area contributed by atoms with Gasteiger partial charge in [-0.15, -0.1) is 0 Å². The highest BCUT2D eigenvalue weighted by Crippen LogP contribution is 2.16. The molecule has 0 saturated carbocycles.